The third-order valence-corrected chi connectivity index (χ3v) is 3.09. The van der Waals surface area contributed by atoms with Crippen LogP contribution in [0.25, 0.3) is 0 Å². The normalized spacial score (nSPS) is 39.6. The molecule has 4 nitrogen and oxygen atoms in total. The van der Waals surface area contributed by atoms with E-state index in [4.69, 9.17) is 20.3 Å². The van der Waals surface area contributed by atoms with Gasteiger partial charge in [0.1, 0.15) is 11.2 Å². The first-order chi connectivity index (χ1) is 6.56. The molecule has 4 heteroatoms. The van der Waals surface area contributed by atoms with E-state index < -0.39 is 0 Å². The van der Waals surface area contributed by atoms with Gasteiger partial charge in [0.15, 0.2) is 0 Å². The Hall–Kier alpha value is -0.420. The van der Waals surface area contributed by atoms with E-state index >= 15 is 0 Å². The first-order valence-electron chi connectivity index (χ1n) is 4.84. The van der Waals surface area contributed by atoms with Crippen LogP contribution in [0.5, 0.6) is 0 Å². The van der Waals surface area contributed by atoms with Crippen molar-refractivity contribution in [2.24, 2.45) is 5.92 Å². The van der Waals surface area contributed by atoms with E-state index in [0.717, 1.165) is 12.8 Å². The Bertz CT molecular complexity index is 214. The zero-order chi connectivity index (χ0) is 10.8. The molecule has 0 aromatic rings. The van der Waals surface area contributed by atoms with Crippen molar-refractivity contribution in [3.8, 4) is 0 Å². The van der Waals surface area contributed by atoms with Crippen LogP contribution in [0.3, 0.4) is 0 Å². The molecule has 2 unspecified atom stereocenters. The Kier molecular flexibility index (Phi) is 3.32. The summed E-state index contributed by atoms with van der Waals surface area (Å²) in [6.07, 6.45) is 6.46. The fraction of sp³-hybridized carbons (Fsp3) is 0.800. The summed E-state index contributed by atoms with van der Waals surface area (Å²) < 4.78 is 0. The maximum Gasteiger partial charge on any atom is 0.124 e. The summed E-state index contributed by atoms with van der Waals surface area (Å²) in [5.74, 6) is 0.485. The lowest BCUT2D eigenvalue weighted by atomic mass is 9.76. The van der Waals surface area contributed by atoms with Crippen molar-refractivity contribution in [2.45, 2.75) is 44.8 Å². The highest BCUT2D eigenvalue weighted by Gasteiger charge is 2.47. The second-order valence-corrected chi connectivity index (χ2v) is 4.42. The van der Waals surface area contributed by atoms with Crippen LogP contribution in [0.1, 0.15) is 33.6 Å². The van der Waals surface area contributed by atoms with E-state index in [1.54, 1.807) is 0 Å². The maximum atomic E-state index is 6.00. The van der Waals surface area contributed by atoms with E-state index in [1.807, 2.05) is 0 Å². The molecular weight excluding hydrogens is 184 g/mol. The average molecular weight is 202 g/mol. The van der Waals surface area contributed by atoms with Crippen LogP contribution in [-0.4, -0.2) is 21.7 Å². The highest BCUT2D eigenvalue weighted by molar-refractivity contribution is 5.17. The van der Waals surface area contributed by atoms with Crippen LogP contribution in [-0.2, 0) is 9.78 Å². The number of hydrogen-bond acceptors (Lipinski definition) is 4. The molecule has 2 bridgehead atoms. The summed E-state index contributed by atoms with van der Waals surface area (Å²) >= 11 is 0. The van der Waals surface area contributed by atoms with Crippen LogP contribution in [0.2, 0.25) is 0 Å². The SMILES string of the molecule is CC(C)C12C=CC(C)(CC1)OO2.OO. The van der Waals surface area contributed by atoms with E-state index in [0.29, 0.717) is 5.92 Å². The van der Waals surface area contributed by atoms with Crippen LogP contribution in [0.15, 0.2) is 12.2 Å². The van der Waals surface area contributed by atoms with Crippen LogP contribution in [0, 0.1) is 5.92 Å². The van der Waals surface area contributed by atoms with E-state index in [1.165, 1.54) is 0 Å². The molecule has 0 aromatic carbocycles. The van der Waals surface area contributed by atoms with Gasteiger partial charge in [-0.1, -0.05) is 26.0 Å². The third-order valence-electron chi connectivity index (χ3n) is 3.09. The van der Waals surface area contributed by atoms with Crippen molar-refractivity contribution < 1.29 is 20.3 Å². The monoisotopic (exact) mass is 202 g/mol. The quantitative estimate of drug-likeness (QED) is 0.389. The van der Waals surface area contributed by atoms with Crippen molar-refractivity contribution in [1.29, 1.82) is 0 Å². The van der Waals surface area contributed by atoms with Gasteiger partial charge in [-0.05, 0) is 25.7 Å². The molecule has 1 aliphatic carbocycles. The second-order valence-electron chi connectivity index (χ2n) is 4.42. The topological polar surface area (TPSA) is 58.9 Å². The highest BCUT2D eigenvalue weighted by atomic mass is 17.2. The molecule has 0 aromatic heterocycles. The number of fused-ring (bicyclic) bond motifs is 2. The molecule has 0 radical (unpaired) electrons. The molecule has 14 heavy (non-hydrogen) atoms. The molecule has 82 valence electrons. The molecule has 3 rings (SSSR count). The Morgan fingerprint density at radius 2 is 1.79 bits per heavy atom. The first-order valence-corrected chi connectivity index (χ1v) is 4.84. The van der Waals surface area contributed by atoms with Gasteiger partial charge in [-0.3, -0.25) is 10.5 Å². The Morgan fingerprint density at radius 3 is 2.07 bits per heavy atom. The van der Waals surface area contributed by atoms with Gasteiger partial charge in [0.05, 0.1) is 0 Å². The zero-order valence-electron chi connectivity index (χ0n) is 8.86. The number of hydrogen-bond donors (Lipinski definition) is 2. The maximum absolute atomic E-state index is 6.00. The Morgan fingerprint density at radius 1 is 1.14 bits per heavy atom. The molecule has 2 aliphatic heterocycles. The van der Waals surface area contributed by atoms with Gasteiger partial charge in [0.2, 0.25) is 0 Å². The highest BCUT2D eigenvalue weighted by Crippen LogP contribution is 2.44. The molecule has 0 amide bonds. The van der Waals surface area contributed by atoms with Gasteiger partial charge in [0, 0.05) is 0 Å². The number of rotatable bonds is 1. The lowest BCUT2D eigenvalue weighted by molar-refractivity contribution is -0.431. The standard InChI is InChI=1S/C10H16O2.H2O2/c1-8(2)10-6-4-9(3,5-7-10)11-12-10;1-2/h4,6,8H,5,7H2,1-3H3;1-2H. The minimum atomic E-state index is -0.156. The Balaban J connectivity index is 0.000000461. The van der Waals surface area contributed by atoms with Crippen molar-refractivity contribution in [3.63, 3.8) is 0 Å². The second kappa shape index (κ2) is 3.98. The van der Waals surface area contributed by atoms with Gasteiger partial charge in [-0.15, -0.1) is 0 Å². The van der Waals surface area contributed by atoms with Crippen molar-refractivity contribution in [1.82, 2.24) is 0 Å². The average Bonchev–Trinajstić information content (AvgIpc) is 2.22. The molecule has 2 atom stereocenters. The minimum absolute atomic E-state index is 0.141. The third kappa shape index (κ3) is 1.83. The summed E-state index contributed by atoms with van der Waals surface area (Å²) in [4.78, 5) is 10.8. The van der Waals surface area contributed by atoms with E-state index in [9.17, 15) is 0 Å². The molecule has 3 aliphatic rings. The molecule has 1 fully saturated rings. The van der Waals surface area contributed by atoms with E-state index in [2.05, 4.69) is 32.9 Å². The molecule has 2 N–H and O–H groups in total. The summed E-state index contributed by atoms with van der Waals surface area (Å²) in [6.45, 7) is 6.40. The molecule has 0 saturated carbocycles. The van der Waals surface area contributed by atoms with E-state index in [-0.39, 0.29) is 11.2 Å². The largest absolute Gasteiger partial charge is 0.255 e. The Labute approximate surface area is 84.0 Å². The van der Waals surface area contributed by atoms with Crippen LogP contribution in [0.4, 0.5) is 0 Å². The fourth-order valence-corrected chi connectivity index (χ4v) is 1.82. The summed E-state index contributed by atoms with van der Waals surface area (Å²) in [7, 11) is 0. The predicted molar refractivity (Wildman–Crippen MR) is 51.8 cm³/mol. The first kappa shape index (κ1) is 11.7. The van der Waals surface area contributed by atoms with Crippen LogP contribution >= 0.6 is 0 Å². The molecular formula is C10H18O4. The van der Waals surface area contributed by atoms with Crippen LogP contribution < -0.4 is 0 Å². The van der Waals surface area contributed by atoms with Crippen molar-refractivity contribution >= 4 is 0 Å². The predicted octanol–water partition coefficient (Wildman–Crippen LogP) is 2.47. The van der Waals surface area contributed by atoms with Gasteiger partial charge < -0.3 is 0 Å². The van der Waals surface area contributed by atoms with Crippen molar-refractivity contribution in [3.05, 3.63) is 12.2 Å². The molecule has 2 heterocycles. The lowest BCUT2D eigenvalue weighted by Crippen LogP contribution is -2.50. The van der Waals surface area contributed by atoms with Gasteiger partial charge in [-0.25, -0.2) is 9.78 Å². The lowest BCUT2D eigenvalue weighted by Gasteiger charge is -2.47. The summed E-state index contributed by atoms with van der Waals surface area (Å²) in [6, 6.07) is 0. The minimum Gasteiger partial charge on any atom is -0.255 e. The summed E-state index contributed by atoms with van der Waals surface area (Å²) in [5, 5.41) is 12.0. The van der Waals surface area contributed by atoms with Gasteiger partial charge in [-0.2, -0.15) is 0 Å². The smallest absolute Gasteiger partial charge is 0.124 e. The zero-order valence-corrected chi connectivity index (χ0v) is 8.86. The molecule has 0 spiro atoms. The van der Waals surface area contributed by atoms with Crippen molar-refractivity contribution in [2.75, 3.05) is 0 Å². The summed E-state index contributed by atoms with van der Waals surface area (Å²) in [5.41, 5.74) is -0.297. The van der Waals surface area contributed by atoms with Gasteiger partial charge in [0.25, 0.3) is 0 Å². The molecule has 1 saturated heterocycles. The van der Waals surface area contributed by atoms with Gasteiger partial charge >= 0.3 is 0 Å². The fourth-order valence-electron chi connectivity index (χ4n) is 1.82.